The number of pyridine rings is 1. The maximum absolute atomic E-state index is 4.70. The number of aromatic nitrogens is 1. The van der Waals surface area contributed by atoms with Gasteiger partial charge in [-0.15, -0.1) is 0 Å². The van der Waals surface area contributed by atoms with Gasteiger partial charge >= 0.3 is 0 Å². The van der Waals surface area contributed by atoms with E-state index in [1.165, 1.54) is 63.1 Å². The van der Waals surface area contributed by atoms with Crippen molar-refractivity contribution >= 4 is 5.82 Å². The lowest BCUT2D eigenvalue weighted by Gasteiger charge is -2.35. The topological polar surface area (TPSA) is 19.4 Å². The minimum absolute atomic E-state index is 0.596. The van der Waals surface area contributed by atoms with Crippen LogP contribution in [0.3, 0.4) is 0 Å². The second-order valence-electron chi connectivity index (χ2n) is 5.78. The van der Waals surface area contributed by atoms with E-state index in [2.05, 4.69) is 35.1 Å². The predicted octanol–water partition coefficient (Wildman–Crippen LogP) is 3.23. The smallest absolute Gasteiger partial charge is 0.128 e. The average molecular weight is 259 g/mol. The molecule has 2 aliphatic rings. The Morgan fingerprint density at radius 3 is 2.58 bits per heavy atom. The summed E-state index contributed by atoms with van der Waals surface area (Å²) in [5.74, 6) is 1.17. The summed E-state index contributed by atoms with van der Waals surface area (Å²) in [5.41, 5.74) is 1.41. The third-order valence-corrected chi connectivity index (χ3v) is 4.61. The number of likely N-dealkylation sites (tertiary alicyclic amines) is 1. The Bertz CT molecular complexity index is 395. The molecule has 0 aliphatic carbocycles. The van der Waals surface area contributed by atoms with E-state index >= 15 is 0 Å². The summed E-state index contributed by atoms with van der Waals surface area (Å²) >= 11 is 0. The van der Waals surface area contributed by atoms with E-state index in [9.17, 15) is 0 Å². The summed E-state index contributed by atoms with van der Waals surface area (Å²) in [6, 6.07) is 5.13. The van der Waals surface area contributed by atoms with Crippen LogP contribution in [0.5, 0.6) is 0 Å². The molecule has 0 N–H and O–H groups in total. The molecule has 0 bridgehead atoms. The van der Waals surface area contributed by atoms with E-state index in [4.69, 9.17) is 4.98 Å². The van der Waals surface area contributed by atoms with Crippen LogP contribution in [0, 0.1) is 0 Å². The number of nitrogens with zero attached hydrogens (tertiary/aromatic N) is 3. The summed E-state index contributed by atoms with van der Waals surface area (Å²) in [5, 5.41) is 0. The highest BCUT2D eigenvalue weighted by atomic mass is 15.2. The van der Waals surface area contributed by atoms with Gasteiger partial charge in [-0.1, -0.05) is 19.4 Å². The van der Waals surface area contributed by atoms with Crippen molar-refractivity contribution in [3.05, 3.63) is 23.9 Å². The molecule has 1 aromatic rings. The van der Waals surface area contributed by atoms with Gasteiger partial charge in [0.15, 0.2) is 0 Å². The predicted molar refractivity (Wildman–Crippen MR) is 79.5 cm³/mol. The van der Waals surface area contributed by atoms with Crippen LogP contribution in [0.15, 0.2) is 18.3 Å². The van der Waals surface area contributed by atoms with Crippen LogP contribution in [-0.2, 0) is 0 Å². The molecule has 19 heavy (non-hydrogen) atoms. The van der Waals surface area contributed by atoms with Gasteiger partial charge in [0.25, 0.3) is 0 Å². The second-order valence-corrected chi connectivity index (χ2v) is 5.78. The van der Waals surface area contributed by atoms with Gasteiger partial charge in [-0.2, -0.15) is 0 Å². The molecule has 3 rings (SSSR count). The molecule has 2 saturated heterocycles. The molecule has 0 aromatic carbocycles. The van der Waals surface area contributed by atoms with Crippen molar-refractivity contribution in [3.63, 3.8) is 0 Å². The summed E-state index contributed by atoms with van der Waals surface area (Å²) in [6.07, 6.45) is 8.74. The molecule has 1 aromatic heterocycles. The lowest BCUT2D eigenvalue weighted by molar-refractivity contribution is 0.157. The van der Waals surface area contributed by atoms with Gasteiger partial charge < -0.3 is 4.90 Å². The van der Waals surface area contributed by atoms with Crippen LogP contribution in [0.25, 0.3) is 0 Å². The highest BCUT2D eigenvalue weighted by Gasteiger charge is 2.23. The molecule has 0 radical (unpaired) electrons. The fourth-order valence-electron chi connectivity index (χ4n) is 3.47. The van der Waals surface area contributed by atoms with Crippen LogP contribution in [-0.4, -0.2) is 36.1 Å². The van der Waals surface area contributed by atoms with E-state index in [-0.39, 0.29) is 0 Å². The molecule has 0 spiro atoms. The Kier molecular flexibility index (Phi) is 4.02. The molecule has 2 aliphatic heterocycles. The number of rotatable bonds is 3. The van der Waals surface area contributed by atoms with Crippen LogP contribution >= 0.6 is 0 Å². The lowest BCUT2D eigenvalue weighted by Crippen LogP contribution is -2.33. The molecule has 3 heterocycles. The largest absolute Gasteiger partial charge is 0.357 e. The quantitative estimate of drug-likeness (QED) is 0.831. The summed E-state index contributed by atoms with van der Waals surface area (Å²) in [6.45, 7) is 7.02. The summed E-state index contributed by atoms with van der Waals surface area (Å²) in [4.78, 5) is 9.70. The number of hydrogen-bond donors (Lipinski definition) is 0. The Morgan fingerprint density at radius 2 is 1.89 bits per heavy atom. The summed E-state index contributed by atoms with van der Waals surface area (Å²) in [7, 11) is 0. The van der Waals surface area contributed by atoms with Crippen LogP contribution < -0.4 is 4.90 Å². The van der Waals surface area contributed by atoms with Gasteiger partial charge in [0.2, 0.25) is 0 Å². The SMILES string of the molecule is CCN1CCCCC1c1ccc(N2CCCC2)nc1. The minimum atomic E-state index is 0.596. The molecule has 3 heteroatoms. The average Bonchev–Trinajstić information content (AvgIpc) is 3.02. The second kappa shape index (κ2) is 5.91. The Labute approximate surface area is 116 Å². The minimum Gasteiger partial charge on any atom is -0.357 e. The van der Waals surface area contributed by atoms with Crippen LogP contribution in [0.1, 0.15) is 50.6 Å². The lowest BCUT2D eigenvalue weighted by atomic mass is 9.96. The van der Waals surface area contributed by atoms with Gasteiger partial charge in [0.05, 0.1) is 0 Å². The zero-order chi connectivity index (χ0) is 13.1. The van der Waals surface area contributed by atoms with Crippen molar-refractivity contribution in [2.24, 2.45) is 0 Å². The fraction of sp³-hybridized carbons (Fsp3) is 0.688. The van der Waals surface area contributed by atoms with Gasteiger partial charge in [0, 0.05) is 25.3 Å². The van der Waals surface area contributed by atoms with Gasteiger partial charge in [-0.25, -0.2) is 4.98 Å². The fourth-order valence-corrected chi connectivity index (χ4v) is 3.47. The van der Waals surface area contributed by atoms with Crippen molar-refractivity contribution in [3.8, 4) is 0 Å². The zero-order valence-electron chi connectivity index (χ0n) is 12.0. The first kappa shape index (κ1) is 12.9. The standard InChI is InChI=1S/C16H25N3/c1-2-18-10-4-3-7-15(18)14-8-9-16(17-13-14)19-11-5-6-12-19/h8-9,13,15H,2-7,10-12H2,1H3. The third-order valence-electron chi connectivity index (χ3n) is 4.61. The maximum Gasteiger partial charge on any atom is 0.128 e. The molecule has 1 unspecified atom stereocenters. The molecular formula is C16H25N3. The molecule has 0 amide bonds. The maximum atomic E-state index is 4.70. The molecule has 3 nitrogen and oxygen atoms in total. The Morgan fingerprint density at radius 1 is 1.11 bits per heavy atom. The van der Waals surface area contributed by atoms with Gasteiger partial charge in [-0.05, 0) is 50.4 Å². The van der Waals surface area contributed by atoms with Crippen molar-refractivity contribution in [1.29, 1.82) is 0 Å². The van der Waals surface area contributed by atoms with Crippen molar-refractivity contribution in [1.82, 2.24) is 9.88 Å². The van der Waals surface area contributed by atoms with Crippen LogP contribution in [0.4, 0.5) is 5.82 Å². The molecule has 0 saturated carbocycles. The van der Waals surface area contributed by atoms with E-state index in [0.29, 0.717) is 6.04 Å². The molecule has 1 atom stereocenters. The van der Waals surface area contributed by atoms with Crippen molar-refractivity contribution in [2.75, 3.05) is 31.1 Å². The zero-order valence-corrected chi connectivity index (χ0v) is 12.0. The van der Waals surface area contributed by atoms with Gasteiger partial charge in [-0.3, -0.25) is 4.90 Å². The first-order valence-electron chi connectivity index (χ1n) is 7.83. The van der Waals surface area contributed by atoms with Crippen molar-refractivity contribution in [2.45, 2.75) is 45.1 Å². The normalized spacial score (nSPS) is 24.9. The first-order chi connectivity index (χ1) is 9.38. The Balaban J connectivity index is 1.73. The highest BCUT2D eigenvalue weighted by Crippen LogP contribution is 2.31. The molecule has 2 fully saturated rings. The summed E-state index contributed by atoms with van der Waals surface area (Å²) < 4.78 is 0. The number of hydrogen-bond acceptors (Lipinski definition) is 3. The monoisotopic (exact) mass is 259 g/mol. The van der Waals surface area contributed by atoms with E-state index in [0.717, 1.165) is 6.54 Å². The van der Waals surface area contributed by atoms with Crippen molar-refractivity contribution < 1.29 is 0 Å². The number of anilines is 1. The molecular weight excluding hydrogens is 234 g/mol. The Hall–Kier alpha value is -1.09. The van der Waals surface area contributed by atoms with Crippen LogP contribution in [0.2, 0.25) is 0 Å². The third kappa shape index (κ3) is 2.76. The first-order valence-corrected chi connectivity index (χ1v) is 7.83. The van der Waals surface area contributed by atoms with E-state index in [1.54, 1.807) is 0 Å². The van der Waals surface area contributed by atoms with Gasteiger partial charge in [0.1, 0.15) is 5.82 Å². The highest BCUT2D eigenvalue weighted by molar-refractivity contribution is 5.40. The molecule has 104 valence electrons. The number of piperidine rings is 1. The van der Waals surface area contributed by atoms with E-state index in [1.807, 2.05) is 0 Å². The van der Waals surface area contributed by atoms with E-state index < -0.39 is 0 Å².